The van der Waals surface area contributed by atoms with Gasteiger partial charge in [-0.25, -0.2) is 18.8 Å². The van der Waals surface area contributed by atoms with E-state index in [0.717, 1.165) is 0 Å². The monoisotopic (exact) mass is 524 g/mol. The maximum atomic E-state index is 15.1. The van der Waals surface area contributed by atoms with Gasteiger partial charge in [0.1, 0.15) is 23.1 Å². The Hall–Kier alpha value is -5.22. The van der Waals surface area contributed by atoms with Gasteiger partial charge in [0.25, 0.3) is 0 Å². The van der Waals surface area contributed by atoms with Gasteiger partial charge >= 0.3 is 17.9 Å². The van der Waals surface area contributed by atoms with E-state index in [1.54, 1.807) is 43.3 Å². The summed E-state index contributed by atoms with van der Waals surface area (Å²) in [6.45, 7) is 15.2. The van der Waals surface area contributed by atoms with Crippen LogP contribution >= 0.6 is 0 Å². The summed E-state index contributed by atoms with van der Waals surface area (Å²) in [5.74, 6) is 3.80. The lowest BCUT2D eigenvalue weighted by Gasteiger charge is -2.12. The van der Waals surface area contributed by atoms with Gasteiger partial charge < -0.3 is 14.2 Å². The molecule has 0 atom stereocenters. The molecule has 0 bridgehead atoms. The van der Waals surface area contributed by atoms with Gasteiger partial charge in [0.2, 0.25) is 0 Å². The molecule has 0 aliphatic carbocycles. The van der Waals surface area contributed by atoms with Gasteiger partial charge in [-0.3, -0.25) is 0 Å². The minimum Gasteiger partial charge on any atom is -0.423 e. The highest BCUT2D eigenvalue weighted by Gasteiger charge is 2.16. The van der Waals surface area contributed by atoms with E-state index in [9.17, 15) is 14.4 Å². The second-order valence-electron chi connectivity index (χ2n) is 8.64. The Morgan fingerprint density at radius 1 is 0.667 bits per heavy atom. The summed E-state index contributed by atoms with van der Waals surface area (Å²) in [6, 6.07) is 15.1. The Balaban J connectivity index is 1.94. The van der Waals surface area contributed by atoms with E-state index in [4.69, 9.17) is 14.2 Å². The molecule has 0 fully saturated rings. The average Bonchev–Trinajstić information content (AvgIpc) is 2.89. The smallest absolute Gasteiger partial charge is 0.338 e. The van der Waals surface area contributed by atoms with Gasteiger partial charge in [-0.15, -0.1) is 0 Å². The van der Waals surface area contributed by atoms with Crippen LogP contribution in [0.25, 0.3) is 11.1 Å². The molecule has 0 aromatic heterocycles. The van der Waals surface area contributed by atoms with Gasteiger partial charge in [-0.05, 0) is 68.8 Å². The fraction of sp³-hybridized carbons (Fsp3) is 0.0938. The first-order valence-corrected chi connectivity index (χ1v) is 11.6. The van der Waals surface area contributed by atoms with Crippen molar-refractivity contribution in [2.45, 2.75) is 20.8 Å². The summed E-state index contributed by atoms with van der Waals surface area (Å²) in [5.41, 5.74) is 1.99. The normalized spacial score (nSPS) is 9.95. The molecular weight excluding hydrogens is 499 g/mol. The van der Waals surface area contributed by atoms with Crippen LogP contribution in [-0.4, -0.2) is 17.9 Å². The minimum atomic E-state index is -0.686. The molecule has 6 nitrogen and oxygen atoms in total. The lowest BCUT2D eigenvalue weighted by atomic mass is 10.0. The van der Waals surface area contributed by atoms with E-state index in [1.165, 1.54) is 38.1 Å². The van der Waals surface area contributed by atoms with E-state index in [-0.39, 0.29) is 39.3 Å². The summed E-state index contributed by atoms with van der Waals surface area (Å²) in [5, 5.41) is 0. The number of esters is 3. The number of ether oxygens (including phenoxy) is 3. The summed E-state index contributed by atoms with van der Waals surface area (Å²) in [6.07, 6.45) is 0. The molecule has 3 aromatic rings. The highest BCUT2D eigenvalue weighted by molar-refractivity contribution is 5.91. The average molecular weight is 525 g/mol. The molecule has 0 heterocycles. The van der Waals surface area contributed by atoms with Crippen LogP contribution < -0.4 is 14.2 Å². The minimum absolute atomic E-state index is 0.00643. The standard InChI is InChI=1S/C32H25FO6/c1-19(2)30(34)37-25-13-8-22(9-14-25)7-10-24-17-29(39-32(36)21(5)6)27(18-28(24)33)23-11-15-26(16-12-23)38-31(35)20(3)4/h8-9,11-18H,1,3,5H2,2,4,6H3. The van der Waals surface area contributed by atoms with Crippen molar-refractivity contribution in [2.24, 2.45) is 0 Å². The van der Waals surface area contributed by atoms with Crippen LogP contribution in [-0.2, 0) is 14.4 Å². The van der Waals surface area contributed by atoms with Crippen molar-refractivity contribution in [2.75, 3.05) is 0 Å². The second-order valence-corrected chi connectivity index (χ2v) is 8.64. The molecule has 0 saturated carbocycles. The maximum absolute atomic E-state index is 15.1. The summed E-state index contributed by atoms with van der Waals surface area (Å²) < 4.78 is 31.0. The van der Waals surface area contributed by atoms with Crippen molar-refractivity contribution in [3.8, 4) is 40.2 Å². The Labute approximate surface area is 226 Å². The van der Waals surface area contributed by atoms with Crippen molar-refractivity contribution in [3.05, 3.63) is 114 Å². The highest BCUT2D eigenvalue weighted by Crippen LogP contribution is 2.34. The topological polar surface area (TPSA) is 78.9 Å². The largest absolute Gasteiger partial charge is 0.423 e. The van der Waals surface area contributed by atoms with E-state index < -0.39 is 23.7 Å². The predicted molar refractivity (Wildman–Crippen MR) is 146 cm³/mol. The Kier molecular flexibility index (Phi) is 8.98. The van der Waals surface area contributed by atoms with E-state index in [1.807, 2.05) is 0 Å². The van der Waals surface area contributed by atoms with E-state index >= 15 is 4.39 Å². The summed E-state index contributed by atoms with van der Waals surface area (Å²) >= 11 is 0. The fourth-order valence-corrected chi connectivity index (χ4v) is 2.98. The third-order valence-electron chi connectivity index (χ3n) is 5.10. The Morgan fingerprint density at radius 3 is 1.62 bits per heavy atom. The van der Waals surface area contributed by atoms with E-state index in [2.05, 4.69) is 31.6 Å². The van der Waals surface area contributed by atoms with Crippen molar-refractivity contribution >= 4 is 17.9 Å². The zero-order valence-corrected chi connectivity index (χ0v) is 21.7. The zero-order valence-electron chi connectivity index (χ0n) is 21.7. The molecule has 0 saturated heterocycles. The number of hydrogen-bond donors (Lipinski definition) is 0. The SMILES string of the molecule is C=C(C)C(=O)Oc1ccc(C#Cc2cc(OC(=O)C(=C)C)c(-c3ccc(OC(=O)C(=C)C)cc3)cc2F)cc1. The molecule has 39 heavy (non-hydrogen) atoms. The van der Waals surface area contributed by atoms with Crippen LogP contribution in [0.3, 0.4) is 0 Å². The predicted octanol–water partition coefficient (Wildman–Crippen LogP) is 6.34. The molecule has 0 aliphatic heterocycles. The Bertz CT molecular complexity index is 1550. The Morgan fingerprint density at radius 2 is 1.13 bits per heavy atom. The quantitative estimate of drug-likeness (QED) is 0.155. The number of rotatable bonds is 7. The first-order chi connectivity index (χ1) is 18.4. The third-order valence-corrected chi connectivity index (χ3v) is 5.10. The molecule has 3 aromatic carbocycles. The molecule has 7 heteroatoms. The zero-order chi connectivity index (χ0) is 28.7. The summed E-state index contributed by atoms with van der Waals surface area (Å²) in [4.78, 5) is 35.7. The molecule has 0 spiro atoms. The van der Waals surface area contributed by atoms with Crippen LogP contribution in [0.4, 0.5) is 4.39 Å². The van der Waals surface area contributed by atoms with Gasteiger partial charge in [-0.1, -0.05) is 43.7 Å². The number of hydrogen-bond acceptors (Lipinski definition) is 6. The molecule has 0 aliphatic rings. The van der Waals surface area contributed by atoms with Crippen molar-refractivity contribution in [1.82, 2.24) is 0 Å². The first-order valence-electron chi connectivity index (χ1n) is 11.6. The molecule has 3 rings (SSSR count). The second kappa shape index (κ2) is 12.3. The molecule has 0 unspecified atom stereocenters. The van der Waals surface area contributed by atoms with Gasteiger partial charge in [0, 0.05) is 33.9 Å². The van der Waals surface area contributed by atoms with Crippen LogP contribution in [0.1, 0.15) is 31.9 Å². The number of carbonyl (C=O) groups is 3. The first kappa shape index (κ1) is 28.4. The van der Waals surface area contributed by atoms with Crippen LogP contribution in [0.5, 0.6) is 17.2 Å². The molecule has 0 N–H and O–H groups in total. The van der Waals surface area contributed by atoms with Crippen molar-refractivity contribution in [3.63, 3.8) is 0 Å². The van der Waals surface area contributed by atoms with E-state index in [0.29, 0.717) is 16.9 Å². The van der Waals surface area contributed by atoms with Gasteiger partial charge in [0.05, 0.1) is 5.56 Å². The number of benzene rings is 3. The number of carbonyl (C=O) groups excluding carboxylic acids is 3. The molecule has 0 radical (unpaired) electrons. The van der Waals surface area contributed by atoms with Crippen LogP contribution in [0.15, 0.2) is 97.1 Å². The number of halogens is 1. The summed E-state index contributed by atoms with van der Waals surface area (Å²) in [7, 11) is 0. The molecular formula is C32H25FO6. The lowest BCUT2D eigenvalue weighted by molar-refractivity contribution is -0.130. The third kappa shape index (κ3) is 7.63. The molecule has 196 valence electrons. The van der Waals surface area contributed by atoms with Crippen LogP contribution in [0, 0.1) is 17.7 Å². The van der Waals surface area contributed by atoms with Crippen molar-refractivity contribution < 1.29 is 33.0 Å². The fourth-order valence-electron chi connectivity index (χ4n) is 2.98. The van der Waals surface area contributed by atoms with Crippen molar-refractivity contribution in [1.29, 1.82) is 0 Å². The highest BCUT2D eigenvalue weighted by atomic mass is 19.1. The van der Waals surface area contributed by atoms with Gasteiger partial charge in [-0.2, -0.15) is 0 Å². The van der Waals surface area contributed by atoms with Crippen LogP contribution in [0.2, 0.25) is 0 Å². The maximum Gasteiger partial charge on any atom is 0.338 e. The van der Waals surface area contributed by atoms with Gasteiger partial charge in [0.15, 0.2) is 0 Å². The molecule has 0 amide bonds. The lowest BCUT2D eigenvalue weighted by Crippen LogP contribution is -2.10.